The molecule has 1 aromatic heterocycles. The average Bonchev–Trinajstić information content (AvgIpc) is 2.99. The summed E-state index contributed by atoms with van der Waals surface area (Å²) in [5.41, 5.74) is 0.698. The van der Waals surface area contributed by atoms with Crippen LogP contribution in [0.2, 0.25) is 0 Å². The molecule has 0 aliphatic carbocycles. The maximum Gasteiger partial charge on any atom is 0.320 e. The van der Waals surface area contributed by atoms with Crippen LogP contribution in [0.1, 0.15) is 11.3 Å². The Hall–Kier alpha value is -2.83. The molecule has 2 amide bonds. The molecule has 0 unspecified atom stereocenters. The van der Waals surface area contributed by atoms with E-state index in [1.165, 1.54) is 17.0 Å². The fourth-order valence-corrected chi connectivity index (χ4v) is 2.05. The normalized spacial score (nSPS) is 10.3. The van der Waals surface area contributed by atoms with E-state index in [9.17, 15) is 14.9 Å². The highest BCUT2D eigenvalue weighted by Crippen LogP contribution is 2.17. The Morgan fingerprint density at radius 3 is 2.59 bits per heavy atom. The number of benzene rings is 1. The molecule has 7 nitrogen and oxygen atoms in total. The minimum atomic E-state index is -0.450. The van der Waals surface area contributed by atoms with Gasteiger partial charge in [-0.15, -0.1) is 0 Å². The molecule has 0 bridgehead atoms. The van der Waals surface area contributed by atoms with Gasteiger partial charge in [0.25, 0.3) is 5.69 Å². The van der Waals surface area contributed by atoms with Crippen molar-refractivity contribution in [3.05, 3.63) is 64.1 Å². The molecule has 7 heteroatoms. The van der Waals surface area contributed by atoms with Crippen molar-refractivity contribution < 1.29 is 14.1 Å². The largest absolute Gasteiger partial charge is 0.467 e. The van der Waals surface area contributed by atoms with E-state index in [1.54, 1.807) is 49.5 Å². The Labute approximate surface area is 127 Å². The molecule has 0 atom stereocenters. The molecule has 0 saturated carbocycles. The highest BCUT2D eigenvalue weighted by atomic mass is 16.6. The molecule has 2 rings (SSSR count). The number of furan rings is 1. The van der Waals surface area contributed by atoms with Gasteiger partial charge in [0, 0.05) is 32.8 Å². The third kappa shape index (κ3) is 3.85. The van der Waals surface area contributed by atoms with Crippen molar-refractivity contribution in [2.24, 2.45) is 0 Å². The Balaban J connectivity index is 2.20. The summed E-state index contributed by atoms with van der Waals surface area (Å²) < 4.78 is 5.27. The molecular weight excluding hydrogens is 286 g/mol. The van der Waals surface area contributed by atoms with Gasteiger partial charge in [0.2, 0.25) is 0 Å². The first-order valence-electron chi connectivity index (χ1n) is 6.69. The summed E-state index contributed by atoms with van der Waals surface area (Å²) in [7, 11) is 3.32. The van der Waals surface area contributed by atoms with E-state index < -0.39 is 4.92 Å². The quantitative estimate of drug-likeness (QED) is 0.628. The Kier molecular flexibility index (Phi) is 4.77. The second-order valence-electron chi connectivity index (χ2n) is 5.04. The van der Waals surface area contributed by atoms with E-state index in [4.69, 9.17) is 4.42 Å². The van der Waals surface area contributed by atoms with Gasteiger partial charge in [-0.25, -0.2) is 4.79 Å². The first-order chi connectivity index (χ1) is 10.5. The van der Waals surface area contributed by atoms with Gasteiger partial charge in [0.05, 0.1) is 17.7 Å². The van der Waals surface area contributed by atoms with Crippen LogP contribution in [-0.2, 0) is 13.1 Å². The zero-order valence-corrected chi connectivity index (χ0v) is 12.4. The average molecular weight is 303 g/mol. The second kappa shape index (κ2) is 6.75. The van der Waals surface area contributed by atoms with Crippen LogP contribution in [0.5, 0.6) is 0 Å². The second-order valence-corrected chi connectivity index (χ2v) is 5.04. The van der Waals surface area contributed by atoms with E-state index in [1.807, 2.05) is 0 Å². The predicted molar refractivity (Wildman–Crippen MR) is 80.1 cm³/mol. The molecule has 0 N–H and O–H groups in total. The van der Waals surface area contributed by atoms with Gasteiger partial charge in [0.1, 0.15) is 5.76 Å². The first kappa shape index (κ1) is 15.6. The summed E-state index contributed by atoms with van der Waals surface area (Å²) in [6, 6.07) is 9.60. The zero-order valence-electron chi connectivity index (χ0n) is 12.4. The molecule has 1 aromatic carbocycles. The molecular formula is C15H17N3O4. The van der Waals surface area contributed by atoms with Crippen molar-refractivity contribution >= 4 is 11.7 Å². The number of nitro benzene ring substituents is 1. The summed E-state index contributed by atoms with van der Waals surface area (Å²) in [6.45, 7) is 0.562. The van der Waals surface area contributed by atoms with E-state index in [2.05, 4.69) is 0 Å². The lowest BCUT2D eigenvalue weighted by molar-refractivity contribution is -0.384. The lowest BCUT2D eigenvalue weighted by Gasteiger charge is -2.25. The Morgan fingerprint density at radius 1 is 1.23 bits per heavy atom. The molecule has 22 heavy (non-hydrogen) atoms. The third-order valence-electron chi connectivity index (χ3n) is 3.07. The minimum absolute atomic E-state index is 0.00718. The van der Waals surface area contributed by atoms with Crippen molar-refractivity contribution in [2.45, 2.75) is 13.1 Å². The lowest BCUT2D eigenvalue weighted by Crippen LogP contribution is -2.38. The third-order valence-corrected chi connectivity index (χ3v) is 3.07. The number of rotatable bonds is 5. The van der Waals surface area contributed by atoms with Crippen molar-refractivity contribution in [2.75, 3.05) is 14.1 Å². The number of amides is 2. The van der Waals surface area contributed by atoms with E-state index >= 15 is 0 Å². The topological polar surface area (TPSA) is 79.8 Å². The number of carbonyl (C=O) groups is 1. The molecule has 1 heterocycles. The van der Waals surface area contributed by atoms with E-state index in [0.29, 0.717) is 17.9 Å². The standard InChI is InChI=1S/C15H17N3O4/c1-16(2)15(19)17(11-14-7-4-8-22-14)10-12-5-3-6-13(9-12)18(20)21/h3-9H,10-11H2,1-2H3. The fraction of sp³-hybridized carbons (Fsp3) is 0.267. The van der Waals surface area contributed by atoms with Crippen LogP contribution in [0.4, 0.5) is 10.5 Å². The summed E-state index contributed by atoms with van der Waals surface area (Å²) in [6.07, 6.45) is 1.54. The van der Waals surface area contributed by atoms with E-state index in [-0.39, 0.29) is 18.3 Å². The Bertz CT molecular complexity index is 653. The van der Waals surface area contributed by atoms with Crippen LogP contribution in [-0.4, -0.2) is 34.8 Å². The van der Waals surface area contributed by atoms with Crippen LogP contribution < -0.4 is 0 Å². The fourth-order valence-electron chi connectivity index (χ4n) is 2.05. The van der Waals surface area contributed by atoms with Crippen LogP contribution in [0.15, 0.2) is 47.1 Å². The smallest absolute Gasteiger partial charge is 0.320 e. The summed E-state index contributed by atoms with van der Waals surface area (Å²) >= 11 is 0. The summed E-state index contributed by atoms with van der Waals surface area (Å²) in [4.78, 5) is 25.7. The number of hydrogen-bond donors (Lipinski definition) is 0. The lowest BCUT2D eigenvalue weighted by atomic mass is 10.2. The number of nitrogens with zero attached hydrogens (tertiary/aromatic N) is 3. The predicted octanol–water partition coefficient (Wildman–Crippen LogP) is 2.87. The monoisotopic (exact) mass is 303 g/mol. The van der Waals surface area contributed by atoms with Crippen molar-refractivity contribution in [3.63, 3.8) is 0 Å². The maximum atomic E-state index is 12.3. The zero-order chi connectivity index (χ0) is 16.1. The number of nitro groups is 1. The highest BCUT2D eigenvalue weighted by molar-refractivity contribution is 5.73. The molecule has 0 spiro atoms. The number of carbonyl (C=O) groups excluding carboxylic acids is 1. The summed E-state index contributed by atoms with van der Waals surface area (Å²) in [5, 5.41) is 10.8. The van der Waals surface area contributed by atoms with Gasteiger partial charge in [-0.2, -0.15) is 0 Å². The molecule has 0 aliphatic rings. The maximum absolute atomic E-state index is 12.3. The molecule has 0 fully saturated rings. The molecule has 2 aromatic rings. The van der Waals surface area contributed by atoms with Crippen LogP contribution in [0.25, 0.3) is 0 Å². The van der Waals surface area contributed by atoms with Gasteiger partial charge < -0.3 is 14.2 Å². The van der Waals surface area contributed by atoms with Gasteiger partial charge >= 0.3 is 6.03 Å². The van der Waals surface area contributed by atoms with Crippen LogP contribution >= 0.6 is 0 Å². The van der Waals surface area contributed by atoms with Gasteiger partial charge in [-0.1, -0.05) is 12.1 Å². The van der Waals surface area contributed by atoms with Gasteiger partial charge in [0.15, 0.2) is 0 Å². The highest BCUT2D eigenvalue weighted by Gasteiger charge is 2.18. The Morgan fingerprint density at radius 2 is 2.00 bits per heavy atom. The molecule has 0 saturated heterocycles. The van der Waals surface area contributed by atoms with Crippen LogP contribution in [0, 0.1) is 10.1 Å². The molecule has 0 aliphatic heterocycles. The minimum Gasteiger partial charge on any atom is -0.467 e. The van der Waals surface area contributed by atoms with Crippen LogP contribution in [0.3, 0.4) is 0 Å². The first-order valence-corrected chi connectivity index (χ1v) is 6.69. The van der Waals surface area contributed by atoms with Gasteiger partial charge in [-0.3, -0.25) is 10.1 Å². The molecule has 116 valence electrons. The van der Waals surface area contributed by atoms with Crippen molar-refractivity contribution in [1.29, 1.82) is 0 Å². The van der Waals surface area contributed by atoms with Crippen molar-refractivity contribution in [1.82, 2.24) is 9.80 Å². The molecule has 0 radical (unpaired) electrons. The van der Waals surface area contributed by atoms with Gasteiger partial charge in [-0.05, 0) is 17.7 Å². The summed E-state index contributed by atoms with van der Waals surface area (Å²) in [5.74, 6) is 0.653. The number of hydrogen-bond acceptors (Lipinski definition) is 4. The van der Waals surface area contributed by atoms with Crippen molar-refractivity contribution in [3.8, 4) is 0 Å². The SMILES string of the molecule is CN(C)C(=O)N(Cc1cccc([N+](=O)[O-])c1)Cc1ccco1. The number of non-ortho nitro benzene ring substituents is 1. The van der Waals surface area contributed by atoms with E-state index in [0.717, 1.165) is 0 Å². The number of urea groups is 1.